The molecule has 1 rings (SSSR count). The van der Waals surface area contributed by atoms with Crippen molar-refractivity contribution in [3.63, 3.8) is 0 Å². The summed E-state index contributed by atoms with van der Waals surface area (Å²) in [5, 5.41) is 8.38. The molecule has 7 heteroatoms. The highest BCUT2D eigenvalue weighted by atomic mass is 79.9. The highest BCUT2D eigenvalue weighted by Gasteiger charge is 2.40. The van der Waals surface area contributed by atoms with Crippen molar-refractivity contribution in [3.05, 3.63) is 27.1 Å². The van der Waals surface area contributed by atoms with Crippen LogP contribution in [0.5, 0.6) is 5.75 Å². The molecule has 17 heavy (non-hydrogen) atoms. The predicted molar refractivity (Wildman–Crippen MR) is 62.5 cm³/mol. The second-order valence-corrected chi connectivity index (χ2v) is 4.88. The van der Waals surface area contributed by atoms with Gasteiger partial charge in [-0.2, -0.15) is 18.4 Å². The Morgan fingerprint density at radius 1 is 1.35 bits per heavy atom. The minimum absolute atomic E-state index is 0.262. The topological polar surface area (TPSA) is 33.0 Å². The Bertz CT molecular complexity index is 442. The number of nitrogens with zero attached hydrogens (tertiary/aromatic N) is 1. The average Bonchev–Trinajstić information content (AvgIpc) is 2.19. The van der Waals surface area contributed by atoms with Gasteiger partial charge in [0, 0.05) is 4.47 Å². The third kappa shape index (κ3) is 4.21. The number of benzene rings is 1. The van der Waals surface area contributed by atoms with Crippen molar-refractivity contribution in [2.75, 3.05) is 6.61 Å². The lowest BCUT2D eigenvalue weighted by Crippen LogP contribution is -2.27. The molecule has 0 N–H and O–H groups in total. The van der Waals surface area contributed by atoms with E-state index in [2.05, 4.69) is 31.9 Å². The molecule has 0 amide bonds. The summed E-state index contributed by atoms with van der Waals surface area (Å²) >= 11 is 6.35. The van der Waals surface area contributed by atoms with E-state index in [1.54, 1.807) is 12.1 Å². The SMILES string of the molecule is N#CC(COc1ccc(Br)cc1Br)C(F)(F)F. The first-order chi connectivity index (χ1) is 7.84. The molecule has 1 aromatic carbocycles. The van der Waals surface area contributed by atoms with Gasteiger partial charge < -0.3 is 4.74 Å². The Kier molecular flexibility index (Phi) is 4.83. The van der Waals surface area contributed by atoms with E-state index in [4.69, 9.17) is 10.00 Å². The van der Waals surface area contributed by atoms with E-state index < -0.39 is 18.7 Å². The first kappa shape index (κ1) is 14.3. The number of alkyl halides is 3. The van der Waals surface area contributed by atoms with E-state index in [1.807, 2.05) is 0 Å². The maximum atomic E-state index is 12.3. The molecule has 0 saturated carbocycles. The van der Waals surface area contributed by atoms with Gasteiger partial charge in [-0.25, -0.2) is 0 Å². The van der Waals surface area contributed by atoms with E-state index in [1.165, 1.54) is 12.1 Å². The van der Waals surface area contributed by atoms with Gasteiger partial charge in [0.2, 0.25) is 0 Å². The molecule has 0 radical (unpaired) electrons. The minimum Gasteiger partial charge on any atom is -0.491 e. The fourth-order valence-electron chi connectivity index (χ4n) is 0.970. The molecule has 0 aliphatic carbocycles. The van der Waals surface area contributed by atoms with Crippen molar-refractivity contribution in [1.82, 2.24) is 0 Å². The van der Waals surface area contributed by atoms with Crippen LogP contribution in [0, 0.1) is 17.2 Å². The maximum absolute atomic E-state index is 12.3. The minimum atomic E-state index is -4.57. The molecule has 0 bridgehead atoms. The monoisotopic (exact) mass is 371 g/mol. The molecule has 1 aromatic rings. The van der Waals surface area contributed by atoms with Crippen LogP contribution in [-0.2, 0) is 0 Å². The lowest BCUT2D eigenvalue weighted by molar-refractivity contribution is -0.165. The fraction of sp³-hybridized carbons (Fsp3) is 0.300. The molecular weight excluding hydrogens is 367 g/mol. The van der Waals surface area contributed by atoms with E-state index in [0.29, 0.717) is 4.47 Å². The van der Waals surface area contributed by atoms with Crippen LogP contribution in [-0.4, -0.2) is 12.8 Å². The second-order valence-electron chi connectivity index (χ2n) is 3.11. The third-order valence-corrected chi connectivity index (χ3v) is 2.96. The molecule has 0 aromatic heterocycles. The molecule has 0 aliphatic rings. The molecule has 1 atom stereocenters. The molecule has 2 nitrogen and oxygen atoms in total. The highest BCUT2D eigenvalue weighted by Crippen LogP contribution is 2.31. The van der Waals surface area contributed by atoms with Crippen molar-refractivity contribution >= 4 is 31.9 Å². The largest absolute Gasteiger partial charge is 0.491 e. The van der Waals surface area contributed by atoms with Gasteiger partial charge >= 0.3 is 6.18 Å². The summed E-state index contributed by atoms with van der Waals surface area (Å²) in [5.41, 5.74) is 0. The van der Waals surface area contributed by atoms with Gasteiger partial charge in [0.05, 0.1) is 10.5 Å². The highest BCUT2D eigenvalue weighted by molar-refractivity contribution is 9.11. The fourth-order valence-corrected chi connectivity index (χ4v) is 2.13. The Morgan fingerprint density at radius 3 is 2.47 bits per heavy atom. The zero-order valence-corrected chi connectivity index (χ0v) is 11.4. The average molecular weight is 373 g/mol. The molecule has 1 unspecified atom stereocenters. The smallest absolute Gasteiger partial charge is 0.407 e. The lowest BCUT2D eigenvalue weighted by atomic mass is 10.2. The first-order valence-corrected chi connectivity index (χ1v) is 5.97. The van der Waals surface area contributed by atoms with E-state index in [-0.39, 0.29) is 5.75 Å². The lowest BCUT2D eigenvalue weighted by Gasteiger charge is -2.14. The quantitative estimate of drug-likeness (QED) is 0.792. The van der Waals surface area contributed by atoms with Crippen molar-refractivity contribution < 1.29 is 17.9 Å². The van der Waals surface area contributed by atoms with Gasteiger partial charge in [0.15, 0.2) is 5.92 Å². The predicted octanol–water partition coefficient (Wildman–Crippen LogP) is 4.29. The Labute approximate surface area is 113 Å². The van der Waals surface area contributed by atoms with Crippen molar-refractivity contribution in [1.29, 1.82) is 5.26 Å². The Balaban J connectivity index is 2.71. The molecule has 92 valence electrons. The van der Waals surface area contributed by atoms with Crippen molar-refractivity contribution in [2.45, 2.75) is 6.18 Å². The first-order valence-electron chi connectivity index (χ1n) is 4.38. The van der Waals surface area contributed by atoms with Crippen molar-refractivity contribution in [2.24, 2.45) is 5.92 Å². The number of ether oxygens (including phenoxy) is 1. The van der Waals surface area contributed by atoms with Gasteiger partial charge in [-0.05, 0) is 34.1 Å². The van der Waals surface area contributed by atoms with E-state index in [0.717, 1.165) is 4.47 Å². The second kappa shape index (κ2) is 5.74. The summed E-state index contributed by atoms with van der Waals surface area (Å²) < 4.78 is 43.0. The maximum Gasteiger partial charge on any atom is 0.407 e. The van der Waals surface area contributed by atoms with Gasteiger partial charge in [0.25, 0.3) is 0 Å². The molecule has 0 aliphatic heterocycles. The Hall–Kier alpha value is -0.740. The summed E-state index contributed by atoms with van der Waals surface area (Å²) in [6.45, 7) is -0.722. The molecule has 0 fully saturated rings. The number of rotatable bonds is 3. The van der Waals surface area contributed by atoms with Gasteiger partial charge in [-0.1, -0.05) is 15.9 Å². The van der Waals surface area contributed by atoms with Gasteiger partial charge in [-0.3, -0.25) is 0 Å². The van der Waals surface area contributed by atoms with Crippen LogP contribution in [0.2, 0.25) is 0 Å². The summed E-state index contributed by atoms with van der Waals surface area (Å²) in [7, 11) is 0. The number of hydrogen-bond acceptors (Lipinski definition) is 2. The third-order valence-electron chi connectivity index (χ3n) is 1.85. The van der Waals surface area contributed by atoms with Crippen LogP contribution >= 0.6 is 31.9 Å². The van der Waals surface area contributed by atoms with Gasteiger partial charge in [-0.15, -0.1) is 0 Å². The van der Waals surface area contributed by atoms with E-state index >= 15 is 0 Å². The summed E-state index contributed by atoms with van der Waals surface area (Å²) in [6, 6.07) is 5.96. The van der Waals surface area contributed by atoms with Crippen LogP contribution in [0.1, 0.15) is 0 Å². The van der Waals surface area contributed by atoms with Crippen LogP contribution in [0.25, 0.3) is 0 Å². The normalized spacial score (nSPS) is 12.9. The molecule has 0 spiro atoms. The number of halogens is 5. The zero-order valence-electron chi connectivity index (χ0n) is 8.26. The van der Waals surface area contributed by atoms with Crippen LogP contribution in [0.4, 0.5) is 13.2 Å². The molecular formula is C10H6Br2F3NO. The zero-order chi connectivity index (χ0) is 13.1. The van der Waals surface area contributed by atoms with Gasteiger partial charge in [0.1, 0.15) is 12.4 Å². The number of hydrogen-bond donors (Lipinski definition) is 0. The number of nitriles is 1. The summed E-state index contributed by atoms with van der Waals surface area (Å²) in [5.74, 6) is -1.87. The molecule has 0 heterocycles. The Morgan fingerprint density at radius 2 is 2.00 bits per heavy atom. The van der Waals surface area contributed by atoms with E-state index in [9.17, 15) is 13.2 Å². The van der Waals surface area contributed by atoms with Crippen LogP contribution in [0.3, 0.4) is 0 Å². The van der Waals surface area contributed by atoms with Crippen LogP contribution in [0.15, 0.2) is 27.1 Å². The van der Waals surface area contributed by atoms with Crippen LogP contribution < -0.4 is 4.74 Å². The van der Waals surface area contributed by atoms with Crippen molar-refractivity contribution in [3.8, 4) is 11.8 Å². The summed E-state index contributed by atoms with van der Waals surface area (Å²) in [6.07, 6.45) is -4.57. The molecule has 0 saturated heterocycles. The standard InChI is InChI=1S/C10H6Br2F3NO/c11-7-1-2-9(8(12)3-7)17-5-6(4-16)10(13,14)15/h1-3,6H,5H2. The summed E-state index contributed by atoms with van der Waals surface area (Å²) in [4.78, 5) is 0.